The molecule has 2 aliphatic carbocycles. The highest BCUT2D eigenvalue weighted by Gasteiger charge is 2.16. The SMILES string of the molecule is CN(COC1CCCCC1)COC1CCCCC1. The molecule has 0 aromatic heterocycles. The fraction of sp³-hybridized carbons (Fsp3) is 1.00. The molecule has 0 unspecified atom stereocenters. The number of hydrogen-bond donors (Lipinski definition) is 0. The van der Waals surface area contributed by atoms with E-state index in [1.165, 1.54) is 64.2 Å². The van der Waals surface area contributed by atoms with Crippen LogP contribution >= 0.6 is 0 Å². The molecular formula is C15H29NO2. The Morgan fingerprint density at radius 2 is 1.11 bits per heavy atom. The van der Waals surface area contributed by atoms with Gasteiger partial charge in [0.15, 0.2) is 0 Å². The van der Waals surface area contributed by atoms with Gasteiger partial charge in [0, 0.05) is 0 Å². The smallest absolute Gasteiger partial charge is 0.101 e. The molecule has 2 fully saturated rings. The molecule has 0 spiro atoms. The summed E-state index contributed by atoms with van der Waals surface area (Å²) in [5.74, 6) is 0. The van der Waals surface area contributed by atoms with Crippen LogP contribution in [0.4, 0.5) is 0 Å². The third-order valence-corrected chi connectivity index (χ3v) is 4.17. The Balaban J connectivity index is 1.52. The quantitative estimate of drug-likeness (QED) is 0.678. The molecule has 0 bridgehead atoms. The van der Waals surface area contributed by atoms with Gasteiger partial charge in [0.25, 0.3) is 0 Å². The van der Waals surface area contributed by atoms with Crippen molar-refractivity contribution in [3.63, 3.8) is 0 Å². The number of rotatable bonds is 6. The molecule has 3 heteroatoms. The lowest BCUT2D eigenvalue weighted by atomic mass is 9.98. The summed E-state index contributed by atoms with van der Waals surface area (Å²) in [5, 5.41) is 0. The minimum atomic E-state index is 0.496. The Morgan fingerprint density at radius 1 is 0.722 bits per heavy atom. The summed E-state index contributed by atoms with van der Waals surface area (Å²) in [4.78, 5) is 2.16. The molecule has 3 nitrogen and oxygen atoms in total. The van der Waals surface area contributed by atoms with Crippen LogP contribution in [0.15, 0.2) is 0 Å². The van der Waals surface area contributed by atoms with Crippen LogP contribution in [0.3, 0.4) is 0 Å². The molecule has 0 heterocycles. The molecule has 2 rings (SSSR count). The van der Waals surface area contributed by atoms with Gasteiger partial charge in [-0.15, -0.1) is 0 Å². The van der Waals surface area contributed by atoms with Crippen molar-refractivity contribution in [3.8, 4) is 0 Å². The summed E-state index contributed by atoms with van der Waals surface area (Å²) in [5.41, 5.74) is 0. The third-order valence-electron chi connectivity index (χ3n) is 4.17. The summed E-state index contributed by atoms with van der Waals surface area (Å²) < 4.78 is 11.9. The molecule has 106 valence electrons. The summed E-state index contributed by atoms with van der Waals surface area (Å²) >= 11 is 0. The van der Waals surface area contributed by atoms with E-state index in [-0.39, 0.29) is 0 Å². The topological polar surface area (TPSA) is 21.7 Å². The van der Waals surface area contributed by atoms with Crippen molar-refractivity contribution < 1.29 is 9.47 Å². The zero-order chi connectivity index (χ0) is 12.6. The van der Waals surface area contributed by atoms with Gasteiger partial charge >= 0.3 is 0 Å². The molecule has 2 saturated carbocycles. The third kappa shape index (κ3) is 5.25. The second kappa shape index (κ2) is 8.13. The molecule has 0 radical (unpaired) electrons. The van der Waals surface area contributed by atoms with Gasteiger partial charge in [-0.3, -0.25) is 4.90 Å². The normalized spacial score (nSPS) is 23.7. The second-order valence-electron chi connectivity index (χ2n) is 5.97. The summed E-state index contributed by atoms with van der Waals surface area (Å²) in [6.45, 7) is 1.44. The van der Waals surface area contributed by atoms with Crippen LogP contribution in [0.2, 0.25) is 0 Å². The summed E-state index contributed by atoms with van der Waals surface area (Å²) in [6.07, 6.45) is 14.1. The minimum Gasteiger partial charge on any atom is -0.363 e. The second-order valence-corrected chi connectivity index (χ2v) is 5.97. The van der Waals surface area contributed by atoms with Crippen LogP contribution in [-0.2, 0) is 9.47 Å². The van der Waals surface area contributed by atoms with Crippen LogP contribution in [0.25, 0.3) is 0 Å². The van der Waals surface area contributed by atoms with E-state index in [4.69, 9.17) is 9.47 Å². The summed E-state index contributed by atoms with van der Waals surface area (Å²) in [7, 11) is 2.09. The predicted molar refractivity (Wildman–Crippen MR) is 73.4 cm³/mol. The molecule has 0 amide bonds. The fourth-order valence-electron chi connectivity index (χ4n) is 2.97. The van der Waals surface area contributed by atoms with Gasteiger partial charge in [-0.2, -0.15) is 0 Å². The minimum absolute atomic E-state index is 0.496. The predicted octanol–water partition coefficient (Wildman–Crippen LogP) is 3.53. The molecule has 0 saturated heterocycles. The van der Waals surface area contributed by atoms with E-state index < -0.39 is 0 Å². The lowest BCUT2D eigenvalue weighted by Crippen LogP contribution is -2.31. The highest BCUT2D eigenvalue weighted by Crippen LogP contribution is 2.21. The van der Waals surface area contributed by atoms with Crippen molar-refractivity contribution in [2.75, 3.05) is 20.5 Å². The van der Waals surface area contributed by atoms with Crippen LogP contribution in [0, 0.1) is 0 Å². The van der Waals surface area contributed by atoms with E-state index in [0.717, 1.165) is 13.5 Å². The van der Waals surface area contributed by atoms with Gasteiger partial charge in [-0.1, -0.05) is 38.5 Å². The van der Waals surface area contributed by atoms with Gasteiger partial charge in [0.05, 0.1) is 12.2 Å². The van der Waals surface area contributed by atoms with Crippen LogP contribution in [0.1, 0.15) is 64.2 Å². The van der Waals surface area contributed by atoms with Gasteiger partial charge in [0.2, 0.25) is 0 Å². The highest BCUT2D eigenvalue weighted by atomic mass is 16.5. The largest absolute Gasteiger partial charge is 0.363 e. The van der Waals surface area contributed by atoms with Crippen LogP contribution < -0.4 is 0 Å². The number of hydrogen-bond acceptors (Lipinski definition) is 3. The first kappa shape index (κ1) is 14.3. The fourth-order valence-corrected chi connectivity index (χ4v) is 2.97. The lowest BCUT2D eigenvalue weighted by molar-refractivity contribution is -0.0901. The number of ether oxygens (including phenoxy) is 2. The van der Waals surface area contributed by atoms with Crippen molar-refractivity contribution in [3.05, 3.63) is 0 Å². The maximum absolute atomic E-state index is 5.93. The van der Waals surface area contributed by atoms with Gasteiger partial charge < -0.3 is 9.47 Å². The zero-order valence-corrected chi connectivity index (χ0v) is 11.9. The Hall–Kier alpha value is -0.120. The first-order valence-electron chi connectivity index (χ1n) is 7.76. The lowest BCUT2D eigenvalue weighted by Gasteiger charge is -2.27. The first-order valence-corrected chi connectivity index (χ1v) is 7.76. The monoisotopic (exact) mass is 255 g/mol. The standard InChI is InChI=1S/C15H29NO2/c1-16(12-17-14-8-4-2-5-9-14)13-18-15-10-6-3-7-11-15/h14-15H,2-13H2,1H3. The highest BCUT2D eigenvalue weighted by molar-refractivity contribution is 4.66. The van der Waals surface area contributed by atoms with E-state index in [2.05, 4.69) is 11.9 Å². The summed E-state index contributed by atoms with van der Waals surface area (Å²) in [6, 6.07) is 0. The van der Waals surface area contributed by atoms with Gasteiger partial charge in [0.1, 0.15) is 13.5 Å². The van der Waals surface area contributed by atoms with Gasteiger partial charge in [-0.05, 0) is 32.7 Å². The molecule has 0 N–H and O–H groups in total. The van der Waals surface area contributed by atoms with Crippen molar-refractivity contribution >= 4 is 0 Å². The zero-order valence-electron chi connectivity index (χ0n) is 11.9. The van der Waals surface area contributed by atoms with Crippen molar-refractivity contribution in [1.29, 1.82) is 0 Å². The van der Waals surface area contributed by atoms with E-state index in [1.54, 1.807) is 0 Å². The maximum Gasteiger partial charge on any atom is 0.101 e. The van der Waals surface area contributed by atoms with E-state index in [1.807, 2.05) is 0 Å². The molecule has 2 aliphatic rings. The molecular weight excluding hydrogens is 226 g/mol. The van der Waals surface area contributed by atoms with Crippen LogP contribution in [0.5, 0.6) is 0 Å². The first-order chi connectivity index (χ1) is 8.84. The number of nitrogens with zero attached hydrogens (tertiary/aromatic N) is 1. The average molecular weight is 255 g/mol. The maximum atomic E-state index is 5.93. The van der Waals surface area contributed by atoms with Gasteiger partial charge in [-0.25, -0.2) is 0 Å². The average Bonchev–Trinajstić information content (AvgIpc) is 2.45. The van der Waals surface area contributed by atoms with Crippen molar-refractivity contribution in [2.45, 2.75) is 76.4 Å². The van der Waals surface area contributed by atoms with Crippen molar-refractivity contribution in [2.24, 2.45) is 0 Å². The Labute approximate surface area is 112 Å². The van der Waals surface area contributed by atoms with E-state index >= 15 is 0 Å². The van der Waals surface area contributed by atoms with Crippen LogP contribution in [-0.4, -0.2) is 37.6 Å². The molecule has 0 aromatic rings. The molecule has 0 aromatic carbocycles. The Bertz CT molecular complexity index is 189. The Morgan fingerprint density at radius 3 is 1.50 bits per heavy atom. The molecule has 0 aliphatic heterocycles. The van der Waals surface area contributed by atoms with Crippen molar-refractivity contribution in [1.82, 2.24) is 4.90 Å². The van der Waals surface area contributed by atoms with E-state index in [0.29, 0.717) is 12.2 Å². The molecule has 18 heavy (non-hydrogen) atoms. The molecule has 0 atom stereocenters. The van der Waals surface area contributed by atoms with E-state index in [9.17, 15) is 0 Å². The Kier molecular flexibility index (Phi) is 6.46.